The molecule has 0 aliphatic rings. The van der Waals surface area contributed by atoms with Gasteiger partial charge in [0.25, 0.3) is 5.91 Å². The molecule has 0 atom stereocenters. The molecule has 1 aromatic heterocycles. The zero-order chi connectivity index (χ0) is 24.5. The van der Waals surface area contributed by atoms with E-state index in [-0.39, 0.29) is 5.57 Å². The van der Waals surface area contributed by atoms with Crippen LogP contribution in [0.4, 0.5) is 5.13 Å². The average Bonchev–Trinajstić information content (AvgIpc) is 3.30. The molecule has 1 amide bonds. The maximum absolute atomic E-state index is 12.5. The zero-order valence-corrected chi connectivity index (χ0v) is 20.9. The van der Waals surface area contributed by atoms with Gasteiger partial charge in [0, 0.05) is 11.5 Å². The Morgan fingerprint density at radius 3 is 2.59 bits per heavy atom. The largest absolute Gasteiger partial charge is 0.493 e. The number of nitriles is 1. The molecule has 176 valence electrons. The molecule has 34 heavy (non-hydrogen) atoms. The predicted molar refractivity (Wildman–Crippen MR) is 134 cm³/mol. The molecule has 0 spiro atoms. The van der Waals surface area contributed by atoms with E-state index < -0.39 is 5.91 Å². The number of anilines is 1. The molecule has 0 unspecified atom stereocenters. The highest BCUT2D eigenvalue weighted by atomic mass is 32.2. The van der Waals surface area contributed by atoms with Gasteiger partial charge in [-0.3, -0.25) is 10.1 Å². The molecular formula is C24H24N4O4S2. The smallest absolute Gasteiger partial charge is 0.268 e. The standard InChI is InChI=1S/C24H24N4O4S2/c1-15-5-6-16(2)20(11-15)32-10-9-31-19-8-7-17(13-21(19)30-3)12-18(14-25)22(29)26-23-27-24(33-4)28-34-23/h5-8,11-13H,9-10H2,1-4H3,(H,26,27,28,29). The van der Waals surface area contributed by atoms with Crippen molar-refractivity contribution in [1.82, 2.24) is 9.36 Å². The van der Waals surface area contributed by atoms with E-state index in [0.29, 0.717) is 40.6 Å². The minimum Gasteiger partial charge on any atom is -0.493 e. The van der Waals surface area contributed by atoms with Crippen LogP contribution in [0.1, 0.15) is 16.7 Å². The number of nitrogens with zero attached hydrogens (tertiary/aromatic N) is 3. The number of hydrogen-bond donors (Lipinski definition) is 1. The van der Waals surface area contributed by atoms with Gasteiger partial charge in [0.2, 0.25) is 10.3 Å². The Morgan fingerprint density at radius 1 is 1.15 bits per heavy atom. The van der Waals surface area contributed by atoms with Crippen LogP contribution in [0.25, 0.3) is 6.08 Å². The summed E-state index contributed by atoms with van der Waals surface area (Å²) in [4.78, 5) is 16.6. The minimum absolute atomic E-state index is 0.0708. The van der Waals surface area contributed by atoms with Crippen LogP contribution < -0.4 is 19.5 Å². The van der Waals surface area contributed by atoms with Crippen molar-refractivity contribution in [2.75, 3.05) is 31.9 Å². The van der Waals surface area contributed by atoms with Crippen molar-refractivity contribution < 1.29 is 19.0 Å². The summed E-state index contributed by atoms with van der Waals surface area (Å²) >= 11 is 2.43. The molecule has 0 saturated carbocycles. The third-order valence-corrected chi connectivity index (χ3v) is 5.91. The molecule has 0 saturated heterocycles. The van der Waals surface area contributed by atoms with Gasteiger partial charge in [-0.05, 0) is 61.1 Å². The number of methoxy groups -OCH3 is 1. The van der Waals surface area contributed by atoms with E-state index in [9.17, 15) is 10.1 Å². The van der Waals surface area contributed by atoms with Crippen LogP contribution in [0.5, 0.6) is 17.2 Å². The lowest BCUT2D eigenvalue weighted by atomic mass is 10.1. The lowest BCUT2D eigenvalue weighted by molar-refractivity contribution is -0.112. The third kappa shape index (κ3) is 6.73. The summed E-state index contributed by atoms with van der Waals surface area (Å²) in [5, 5.41) is 12.9. The third-order valence-electron chi connectivity index (χ3n) is 4.62. The highest BCUT2D eigenvalue weighted by Crippen LogP contribution is 2.29. The van der Waals surface area contributed by atoms with Crippen LogP contribution in [0, 0.1) is 25.2 Å². The van der Waals surface area contributed by atoms with Crippen molar-refractivity contribution in [3.05, 3.63) is 58.7 Å². The first-order valence-corrected chi connectivity index (χ1v) is 12.2. The number of aromatic nitrogens is 2. The second kappa shape index (κ2) is 12.1. The number of nitrogens with one attached hydrogen (secondary N) is 1. The Labute approximate surface area is 206 Å². The summed E-state index contributed by atoms with van der Waals surface area (Å²) in [5.41, 5.74) is 2.74. The second-order valence-electron chi connectivity index (χ2n) is 7.09. The molecule has 3 rings (SSSR count). The van der Waals surface area contributed by atoms with Gasteiger partial charge < -0.3 is 14.2 Å². The fraction of sp³-hybridized carbons (Fsp3) is 0.250. The van der Waals surface area contributed by atoms with Gasteiger partial charge >= 0.3 is 0 Å². The number of rotatable bonds is 10. The number of hydrogen-bond acceptors (Lipinski definition) is 9. The SMILES string of the molecule is COc1cc(C=C(C#N)C(=O)Nc2nc(SC)ns2)ccc1OCCOc1cc(C)ccc1C. The van der Waals surface area contributed by atoms with E-state index in [0.717, 1.165) is 28.4 Å². The predicted octanol–water partition coefficient (Wildman–Crippen LogP) is 4.89. The number of carbonyl (C=O) groups is 1. The number of ether oxygens (including phenoxy) is 3. The van der Waals surface area contributed by atoms with Gasteiger partial charge in [-0.25, -0.2) is 0 Å². The molecule has 0 bridgehead atoms. The summed E-state index contributed by atoms with van der Waals surface area (Å²) in [5.74, 6) is 1.28. The summed E-state index contributed by atoms with van der Waals surface area (Å²) < 4.78 is 21.1. The summed E-state index contributed by atoms with van der Waals surface area (Å²) in [6.07, 6.45) is 3.31. The van der Waals surface area contributed by atoms with Crippen molar-refractivity contribution in [3.8, 4) is 23.3 Å². The Hall–Kier alpha value is -3.55. The summed E-state index contributed by atoms with van der Waals surface area (Å²) in [7, 11) is 1.53. The van der Waals surface area contributed by atoms with Crippen LogP contribution >= 0.6 is 23.3 Å². The van der Waals surface area contributed by atoms with Gasteiger partial charge in [-0.15, -0.1) is 0 Å². The molecule has 0 fully saturated rings. The Bertz CT molecular complexity index is 1230. The quantitative estimate of drug-likeness (QED) is 0.183. The molecule has 2 aromatic carbocycles. The molecule has 0 radical (unpaired) electrons. The first kappa shape index (κ1) is 25.1. The zero-order valence-electron chi connectivity index (χ0n) is 19.2. The lowest BCUT2D eigenvalue weighted by Gasteiger charge is -2.13. The molecule has 0 aliphatic carbocycles. The fourth-order valence-electron chi connectivity index (χ4n) is 2.88. The van der Waals surface area contributed by atoms with Crippen LogP contribution in [0.3, 0.4) is 0 Å². The van der Waals surface area contributed by atoms with Crippen molar-refractivity contribution in [3.63, 3.8) is 0 Å². The number of carbonyl (C=O) groups excluding carboxylic acids is 1. The first-order chi connectivity index (χ1) is 16.4. The maximum atomic E-state index is 12.5. The molecule has 3 aromatic rings. The molecule has 8 nitrogen and oxygen atoms in total. The minimum atomic E-state index is -0.561. The van der Waals surface area contributed by atoms with Crippen molar-refractivity contribution in [1.29, 1.82) is 5.26 Å². The van der Waals surface area contributed by atoms with E-state index in [1.54, 1.807) is 18.2 Å². The Balaban J connectivity index is 1.63. The molecule has 1 N–H and O–H groups in total. The number of thioether (sulfide) groups is 1. The van der Waals surface area contributed by atoms with E-state index >= 15 is 0 Å². The van der Waals surface area contributed by atoms with Crippen molar-refractivity contribution in [2.45, 2.75) is 19.0 Å². The fourth-order valence-corrected chi connectivity index (χ4v) is 4.00. The second-order valence-corrected chi connectivity index (χ2v) is 8.61. The highest BCUT2D eigenvalue weighted by Gasteiger charge is 2.14. The van der Waals surface area contributed by atoms with E-state index in [4.69, 9.17) is 14.2 Å². The van der Waals surface area contributed by atoms with E-state index in [2.05, 4.69) is 14.7 Å². The van der Waals surface area contributed by atoms with Gasteiger partial charge in [0.1, 0.15) is 30.6 Å². The van der Waals surface area contributed by atoms with E-state index in [1.165, 1.54) is 24.9 Å². The van der Waals surface area contributed by atoms with Crippen LogP contribution in [-0.2, 0) is 4.79 Å². The molecular weight excluding hydrogens is 472 g/mol. The van der Waals surface area contributed by atoms with Crippen molar-refractivity contribution >= 4 is 40.4 Å². The maximum Gasteiger partial charge on any atom is 0.268 e. The molecule has 10 heteroatoms. The van der Waals surface area contributed by atoms with Crippen LogP contribution in [-0.4, -0.2) is 41.8 Å². The van der Waals surface area contributed by atoms with Gasteiger partial charge in [-0.1, -0.05) is 30.0 Å². The normalized spacial score (nSPS) is 11.0. The number of benzene rings is 2. The Kier molecular flexibility index (Phi) is 8.90. The van der Waals surface area contributed by atoms with Crippen LogP contribution in [0.2, 0.25) is 0 Å². The molecule has 0 aliphatic heterocycles. The highest BCUT2D eigenvalue weighted by molar-refractivity contribution is 7.98. The summed E-state index contributed by atoms with van der Waals surface area (Å²) in [6, 6.07) is 13.1. The van der Waals surface area contributed by atoms with Gasteiger partial charge in [0.15, 0.2) is 11.5 Å². The average molecular weight is 497 g/mol. The molecule has 1 heterocycles. The monoisotopic (exact) mass is 496 g/mol. The summed E-state index contributed by atoms with van der Waals surface area (Å²) in [6.45, 7) is 4.71. The van der Waals surface area contributed by atoms with Crippen LogP contribution in [0.15, 0.2) is 47.1 Å². The Morgan fingerprint density at radius 2 is 1.91 bits per heavy atom. The van der Waals surface area contributed by atoms with Gasteiger partial charge in [-0.2, -0.15) is 14.6 Å². The lowest BCUT2D eigenvalue weighted by Crippen LogP contribution is -2.13. The number of amides is 1. The first-order valence-electron chi connectivity index (χ1n) is 10.2. The van der Waals surface area contributed by atoms with Gasteiger partial charge in [0.05, 0.1) is 7.11 Å². The number of aryl methyl sites for hydroxylation is 2. The van der Waals surface area contributed by atoms with Crippen molar-refractivity contribution in [2.24, 2.45) is 0 Å². The van der Waals surface area contributed by atoms with E-state index in [1.807, 2.05) is 44.4 Å². The topological polar surface area (TPSA) is 106 Å².